The summed E-state index contributed by atoms with van der Waals surface area (Å²) < 4.78 is 29.1. The molecule has 1 aromatic carbocycles. The third-order valence-corrected chi connectivity index (χ3v) is 4.67. The number of nitrogens with zero attached hydrogens (tertiary/aromatic N) is 7. The van der Waals surface area contributed by atoms with Gasteiger partial charge in [-0.25, -0.2) is 9.97 Å². The predicted octanol–water partition coefficient (Wildman–Crippen LogP) is 2.39. The topological polar surface area (TPSA) is 156 Å². The maximum atomic E-state index is 12.7. The fourth-order valence-corrected chi connectivity index (χ4v) is 3.15. The van der Waals surface area contributed by atoms with Gasteiger partial charge in [0.1, 0.15) is 11.8 Å². The van der Waals surface area contributed by atoms with Crippen LogP contribution < -0.4 is 20.7 Å². The largest absolute Gasteiger partial charge is 0.494 e. The second kappa shape index (κ2) is 9.61. The molecule has 0 radical (unpaired) electrons. The van der Waals surface area contributed by atoms with Gasteiger partial charge < -0.3 is 20.7 Å². The second-order valence-electron chi connectivity index (χ2n) is 6.80. The van der Waals surface area contributed by atoms with Crippen molar-refractivity contribution in [1.29, 1.82) is 5.26 Å². The molecular formula is C22H20N10O2. The van der Waals surface area contributed by atoms with Gasteiger partial charge in [0.25, 0.3) is 5.91 Å². The second-order valence-corrected chi connectivity index (χ2v) is 6.80. The Hall–Kier alpha value is -5.05. The summed E-state index contributed by atoms with van der Waals surface area (Å²) in [6.45, 7) is -2.74. The van der Waals surface area contributed by atoms with E-state index in [0.717, 1.165) is 0 Å². The molecule has 0 saturated heterocycles. The van der Waals surface area contributed by atoms with Crippen LogP contribution in [0.3, 0.4) is 0 Å². The van der Waals surface area contributed by atoms with Gasteiger partial charge in [0.2, 0.25) is 0 Å². The number of rotatable bonds is 7. The average Bonchev–Trinajstić information content (AvgIpc) is 3.22. The Kier molecular flexibility index (Phi) is 5.24. The van der Waals surface area contributed by atoms with Crippen molar-refractivity contribution in [2.24, 2.45) is 7.05 Å². The van der Waals surface area contributed by atoms with Crippen LogP contribution in [0.2, 0.25) is 0 Å². The van der Waals surface area contributed by atoms with E-state index >= 15 is 0 Å². The molecule has 170 valence electrons. The van der Waals surface area contributed by atoms with E-state index in [1.54, 1.807) is 43.7 Å². The molecule has 4 rings (SSSR count). The number of nitriles is 1. The highest BCUT2D eigenvalue weighted by Gasteiger charge is 2.19. The molecule has 0 atom stereocenters. The zero-order valence-corrected chi connectivity index (χ0v) is 18.1. The Morgan fingerprint density at radius 2 is 1.94 bits per heavy atom. The van der Waals surface area contributed by atoms with E-state index in [-0.39, 0.29) is 17.2 Å². The van der Waals surface area contributed by atoms with Crippen LogP contribution in [0.1, 0.15) is 20.3 Å². The van der Waals surface area contributed by atoms with Crippen LogP contribution >= 0.6 is 0 Å². The molecule has 34 heavy (non-hydrogen) atoms. The van der Waals surface area contributed by atoms with Crippen molar-refractivity contribution in [3.8, 4) is 23.2 Å². The first kappa shape index (κ1) is 18.5. The zero-order chi connectivity index (χ0) is 26.6. The average molecular weight is 459 g/mol. The molecule has 0 aliphatic heterocycles. The van der Waals surface area contributed by atoms with E-state index in [1.807, 2.05) is 11.4 Å². The summed E-state index contributed by atoms with van der Waals surface area (Å²) in [5.74, 6) is 0.331. The number of carbonyl (C=O) groups excluding carboxylic acids is 1. The van der Waals surface area contributed by atoms with E-state index in [1.165, 1.54) is 23.9 Å². The highest BCUT2D eigenvalue weighted by Crippen LogP contribution is 2.37. The quantitative estimate of drug-likeness (QED) is 0.375. The smallest absolute Gasteiger partial charge is 0.273 e. The van der Waals surface area contributed by atoms with Crippen molar-refractivity contribution >= 4 is 28.9 Å². The molecule has 0 aliphatic rings. The monoisotopic (exact) mass is 459 g/mol. The van der Waals surface area contributed by atoms with Gasteiger partial charge in [-0.05, 0) is 18.2 Å². The number of nitrogens with one attached hydrogen (secondary N) is 3. The molecule has 4 aromatic rings. The summed E-state index contributed by atoms with van der Waals surface area (Å²) in [6.07, 6.45) is 3.19. The summed E-state index contributed by atoms with van der Waals surface area (Å²) in [7, 11) is 3.08. The SMILES string of the molecule is [2H]C([2H])([2H])NC(=O)c1nnc(Nc2cc(C#N)n(C)n2)cc1Nc1cccc(-c2ncccn2)c1OC. The van der Waals surface area contributed by atoms with Gasteiger partial charge in [-0.1, -0.05) is 6.07 Å². The first-order chi connectivity index (χ1) is 17.7. The van der Waals surface area contributed by atoms with Crippen LogP contribution in [0, 0.1) is 11.3 Å². The molecule has 3 heterocycles. The van der Waals surface area contributed by atoms with Gasteiger partial charge in [0, 0.05) is 42.7 Å². The Labute approximate surface area is 198 Å². The molecule has 1 amide bonds. The molecule has 0 unspecified atom stereocenters. The summed E-state index contributed by atoms with van der Waals surface area (Å²) in [4.78, 5) is 21.3. The van der Waals surface area contributed by atoms with E-state index in [4.69, 9.17) is 14.1 Å². The predicted molar refractivity (Wildman–Crippen MR) is 124 cm³/mol. The Morgan fingerprint density at radius 1 is 1.12 bits per heavy atom. The minimum Gasteiger partial charge on any atom is -0.494 e. The maximum absolute atomic E-state index is 12.7. The van der Waals surface area contributed by atoms with Crippen molar-refractivity contribution < 1.29 is 13.6 Å². The molecule has 0 bridgehead atoms. The van der Waals surface area contributed by atoms with Gasteiger partial charge >= 0.3 is 0 Å². The number of para-hydroxylation sites is 1. The molecule has 0 saturated carbocycles. The van der Waals surface area contributed by atoms with E-state index in [9.17, 15) is 4.79 Å². The number of amides is 1. The third-order valence-electron chi connectivity index (χ3n) is 4.67. The van der Waals surface area contributed by atoms with E-state index in [2.05, 4.69) is 35.9 Å². The Balaban J connectivity index is 1.75. The number of aromatic nitrogens is 6. The summed E-state index contributed by atoms with van der Waals surface area (Å²) in [5.41, 5.74) is 1.18. The molecule has 0 fully saturated rings. The van der Waals surface area contributed by atoms with Crippen molar-refractivity contribution in [2.45, 2.75) is 0 Å². The summed E-state index contributed by atoms with van der Waals surface area (Å²) >= 11 is 0. The van der Waals surface area contributed by atoms with Gasteiger partial charge in [-0.3, -0.25) is 9.48 Å². The summed E-state index contributed by atoms with van der Waals surface area (Å²) in [6, 6.07) is 11.9. The Morgan fingerprint density at radius 3 is 2.65 bits per heavy atom. The fraction of sp³-hybridized carbons (Fsp3) is 0.136. The number of carbonyl (C=O) groups is 1. The highest BCUT2D eigenvalue weighted by atomic mass is 16.5. The molecule has 3 aromatic heterocycles. The minimum absolute atomic E-state index is 0.125. The number of hydrogen-bond acceptors (Lipinski definition) is 10. The molecular weight excluding hydrogens is 436 g/mol. The van der Waals surface area contributed by atoms with Crippen LogP contribution in [0.15, 0.2) is 48.8 Å². The number of anilines is 4. The maximum Gasteiger partial charge on any atom is 0.273 e. The summed E-state index contributed by atoms with van der Waals surface area (Å²) in [5, 5.41) is 29.2. The fourth-order valence-electron chi connectivity index (χ4n) is 3.15. The Bertz CT molecular complexity index is 1480. The highest BCUT2D eigenvalue weighted by molar-refractivity contribution is 5.99. The van der Waals surface area contributed by atoms with Gasteiger partial charge in [-0.15, -0.1) is 10.2 Å². The standard InChI is InChI=1S/C22H20N10O2/c1-24-22(33)19-16(11-17(29-30-19)28-18-10-13(12-23)32(2)31-18)27-15-7-4-6-14(20(15)34-3)21-25-8-5-9-26-21/h4-11H,1-3H3,(H,24,33)(H2,27,28,29,31)/i1D3. The van der Waals surface area contributed by atoms with Gasteiger partial charge in [-0.2, -0.15) is 10.4 Å². The van der Waals surface area contributed by atoms with Crippen molar-refractivity contribution in [3.05, 3.63) is 60.2 Å². The lowest BCUT2D eigenvalue weighted by Gasteiger charge is -2.16. The van der Waals surface area contributed by atoms with Crippen LogP contribution in [0.5, 0.6) is 5.75 Å². The number of methoxy groups -OCH3 is 1. The zero-order valence-electron chi connectivity index (χ0n) is 21.1. The minimum atomic E-state index is -2.74. The first-order valence-electron chi connectivity index (χ1n) is 11.3. The molecule has 12 heteroatoms. The number of aryl methyl sites for hydroxylation is 1. The number of benzene rings is 1. The third kappa shape index (κ3) is 4.44. The van der Waals surface area contributed by atoms with Gasteiger partial charge in [0.05, 0.1) is 24.0 Å². The van der Waals surface area contributed by atoms with Crippen molar-refractivity contribution in [1.82, 2.24) is 35.3 Å². The number of ether oxygens (including phenoxy) is 1. The van der Waals surface area contributed by atoms with Crippen LogP contribution in [-0.2, 0) is 7.05 Å². The van der Waals surface area contributed by atoms with Gasteiger partial charge in [0.15, 0.2) is 28.9 Å². The normalized spacial score (nSPS) is 12.0. The molecule has 0 spiro atoms. The van der Waals surface area contributed by atoms with Crippen LogP contribution in [0.4, 0.5) is 23.0 Å². The lowest BCUT2D eigenvalue weighted by atomic mass is 10.1. The lowest BCUT2D eigenvalue weighted by molar-refractivity contribution is 0.0958. The van der Waals surface area contributed by atoms with Crippen molar-refractivity contribution in [3.63, 3.8) is 0 Å². The number of hydrogen-bond donors (Lipinski definition) is 3. The van der Waals surface area contributed by atoms with E-state index in [0.29, 0.717) is 34.3 Å². The first-order valence-corrected chi connectivity index (χ1v) is 9.81. The molecule has 3 N–H and O–H groups in total. The van der Waals surface area contributed by atoms with Crippen molar-refractivity contribution in [2.75, 3.05) is 24.7 Å². The molecule has 12 nitrogen and oxygen atoms in total. The molecule has 0 aliphatic carbocycles. The van der Waals surface area contributed by atoms with E-state index < -0.39 is 12.9 Å². The van der Waals surface area contributed by atoms with Crippen LogP contribution in [-0.4, -0.2) is 49.9 Å². The van der Waals surface area contributed by atoms with Crippen LogP contribution in [0.25, 0.3) is 11.4 Å². The lowest BCUT2D eigenvalue weighted by Crippen LogP contribution is -2.21.